The SMILES string of the molecule is CC(C)C(=O)C1=C(O)C(=O)N(Cc2ccco2)C1c1ccncc1. The summed E-state index contributed by atoms with van der Waals surface area (Å²) in [6, 6.07) is 6.29. The zero-order valence-electron chi connectivity index (χ0n) is 13.5. The number of rotatable bonds is 5. The summed E-state index contributed by atoms with van der Waals surface area (Å²) >= 11 is 0. The van der Waals surface area contributed by atoms with Crippen molar-refractivity contribution in [3.05, 3.63) is 65.6 Å². The molecule has 6 nitrogen and oxygen atoms in total. The first-order chi connectivity index (χ1) is 11.5. The largest absolute Gasteiger partial charge is 0.503 e. The first kappa shape index (κ1) is 16.0. The summed E-state index contributed by atoms with van der Waals surface area (Å²) in [6.45, 7) is 3.65. The normalized spacial score (nSPS) is 17.9. The molecule has 0 fully saturated rings. The molecule has 1 atom stereocenters. The van der Waals surface area contributed by atoms with Crippen LogP contribution in [0.5, 0.6) is 0 Å². The Balaban J connectivity index is 2.06. The van der Waals surface area contributed by atoms with Gasteiger partial charge in [-0.1, -0.05) is 13.8 Å². The minimum Gasteiger partial charge on any atom is -0.503 e. The van der Waals surface area contributed by atoms with E-state index in [0.717, 1.165) is 5.56 Å². The molecule has 1 amide bonds. The van der Waals surface area contributed by atoms with Crippen LogP contribution in [0.15, 0.2) is 58.7 Å². The van der Waals surface area contributed by atoms with Crippen LogP contribution >= 0.6 is 0 Å². The molecule has 0 aromatic carbocycles. The first-order valence-electron chi connectivity index (χ1n) is 7.71. The number of pyridine rings is 1. The Bertz CT molecular complexity index is 779. The van der Waals surface area contributed by atoms with Crippen LogP contribution in [-0.2, 0) is 16.1 Å². The maximum atomic E-state index is 12.6. The Morgan fingerprint density at radius 2 is 2.04 bits per heavy atom. The van der Waals surface area contributed by atoms with Gasteiger partial charge in [-0.25, -0.2) is 0 Å². The topological polar surface area (TPSA) is 83.6 Å². The zero-order chi connectivity index (χ0) is 17.3. The fraction of sp³-hybridized carbons (Fsp3) is 0.278. The molecule has 0 saturated carbocycles. The van der Waals surface area contributed by atoms with E-state index in [9.17, 15) is 14.7 Å². The molecule has 0 radical (unpaired) electrons. The van der Waals surface area contributed by atoms with Gasteiger partial charge >= 0.3 is 0 Å². The molecule has 24 heavy (non-hydrogen) atoms. The van der Waals surface area contributed by atoms with Crippen molar-refractivity contribution in [2.45, 2.75) is 26.4 Å². The Hall–Kier alpha value is -2.89. The second-order valence-electron chi connectivity index (χ2n) is 5.98. The van der Waals surface area contributed by atoms with Gasteiger partial charge in [0.25, 0.3) is 5.91 Å². The van der Waals surface area contributed by atoms with E-state index in [0.29, 0.717) is 5.76 Å². The lowest BCUT2D eigenvalue weighted by Gasteiger charge is -2.26. The third kappa shape index (κ3) is 2.71. The minimum absolute atomic E-state index is 0.132. The average molecular weight is 326 g/mol. The van der Waals surface area contributed by atoms with Crippen molar-refractivity contribution in [2.24, 2.45) is 5.92 Å². The number of carbonyl (C=O) groups is 2. The van der Waals surface area contributed by atoms with Crippen molar-refractivity contribution in [3.8, 4) is 0 Å². The van der Waals surface area contributed by atoms with E-state index >= 15 is 0 Å². The summed E-state index contributed by atoms with van der Waals surface area (Å²) in [5.41, 5.74) is 0.853. The third-order valence-corrected chi connectivity index (χ3v) is 4.02. The standard InChI is InChI=1S/C18H18N2O4/c1-11(2)16(21)14-15(12-5-7-19-8-6-12)20(18(23)17(14)22)10-13-4-3-9-24-13/h3-9,11,15,22H,10H2,1-2H3. The molecule has 1 aliphatic rings. The van der Waals surface area contributed by atoms with Gasteiger partial charge in [-0.15, -0.1) is 0 Å². The van der Waals surface area contributed by atoms with Gasteiger partial charge < -0.3 is 14.4 Å². The fourth-order valence-corrected chi connectivity index (χ4v) is 2.84. The molecule has 1 N–H and O–H groups in total. The average Bonchev–Trinajstić information content (AvgIpc) is 3.17. The van der Waals surface area contributed by atoms with Gasteiger partial charge in [0.1, 0.15) is 5.76 Å². The number of aromatic nitrogens is 1. The third-order valence-electron chi connectivity index (χ3n) is 4.02. The van der Waals surface area contributed by atoms with Crippen molar-refractivity contribution < 1.29 is 19.1 Å². The van der Waals surface area contributed by atoms with E-state index < -0.39 is 17.7 Å². The second-order valence-corrected chi connectivity index (χ2v) is 5.98. The van der Waals surface area contributed by atoms with E-state index in [1.54, 1.807) is 50.5 Å². The van der Waals surface area contributed by atoms with Crippen LogP contribution in [0.4, 0.5) is 0 Å². The first-order valence-corrected chi connectivity index (χ1v) is 7.71. The fourth-order valence-electron chi connectivity index (χ4n) is 2.84. The maximum absolute atomic E-state index is 12.6. The predicted molar refractivity (Wildman–Crippen MR) is 85.7 cm³/mol. The lowest BCUT2D eigenvalue weighted by Crippen LogP contribution is -2.31. The van der Waals surface area contributed by atoms with Crippen molar-refractivity contribution in [3.63, 3.8) is 0 Å². The van der Waals surface area contributed by atoms with Gasteiger partial charge in [0.2, 0.25) is 0 Å². The van der Waals surface area contributed by atoms with E-state index in [2.05, 4.69) is 4.98 Å². The lowest BCUT2D eigenvalue weighted by atomic mass is 9.92. The van der Waals surface area contributed by atoms with Gasteiger partial charge in [0, 0.05) is 18.3 Å². The highest BCUT2D eigenvalue weighted by Crippen LogP contribution is 2.39. The molecule has 6 heteroatoms. The van der Waals surface area contributed by atoms with Gasteiger partial charge in [-0.3, -0.25) is 14.6 Å². The predicted octanol–water partition coefficient (Wildman–Crippen LogP) is 2.80. The lowest BCUT2D eigenvalue weighted by molar-refractivity contribution is -0.130. The molecule has 2 aromatic rings. The molecular weight excluding hydrogens is 308 g/mol. The van der Waals surface area contributed by atoms with Crippen LogP contribution in [0.2, 0.25) is 0 Å². The zero-order valence-corrected chi connectivity index (χ0v) is 13.5. The summed E-state index contributed by atoms with van der Waals surface area (Å²) in [6.07, 6.45) is 4.71. The van der Waals surface area contributed by atoms with Gasteiger partial charge in [0.15, 0.2) is 11.5 Å². The van der Waals surface area contributed by atoms with Crippen LogP contribution in [0.25, 0.3) is 0 Å². The van der Waals surface area contributed by atoms with Crippen LogP contribution in [0.1, 0.15) is 31.2 Å². The number of amides is 1. The molecule has 3 rings (SSSR count). The number of hydrogen-bond donors (Lipinski definition) is 1. The highest BCUT2D eigenvalue weighted by Gasteiger charge is 2.44. The summed E-state index contributed by atoms with van der Waals surface area (Å²) < 4.78 is 5.32. The van der Waals surface area contributed by atoms with Gasteiger partial charge in [-0.05, 0) is 29.8 Å². The van der Waals surface area contributed by atoms with Crippen LogP contribution < -0.4 is 0 Å². The number of ketones is 1. The molecule has 0 saturated heterocycles. The molecule has 0 bridgehead atoms. The number of Topliss-reactive ketones (excluding diaryl/α,β-unsaturated/α-hetero) is 1. The number of furan rings is 1. The number of aliphatic hydroxyl groups is 1. The van der Waals surface area contributed by atoms with Crippen molar-refractivity contribution in [1.29, 1.82) is 0 Å². The van der Waals surface area contributed by atoms with Gasteiger partial charge in [0.05, 0.1) is 24.4 Å². The highest BCUT2D eigenvalue weighted by molar-refractivity contribution is 6.09. The second kappa shape index (κ2) is 6.31. The van der Waals surface area contributed by atoms with Crippen LogP contribution in [-0.4, -0.2) is 26.7 Å². The number of nitrogens with zero attached hydrogens (tertiary/aromatic N) is 2. The van der Waals surface area contributed by atoms with Gasteiger partial charge in [-0.2, -0.15) is 0 Å². The molecular formula is C18H18N2O4. The molecule has 3 heterocycles. The minimum atomic E-state index is -0.652. The number of aliphatic hydroxyl groups excluding tert-OH is 1. The van der Waals surface area contributed by atoms with E-state index in [1.807, 2.05) is 0 Å². The quantitative estimate of drug-likeness (QED) is 0.913. The van der Waals surface area contributed by atoms with E-state index in [-0.39, 0.29) is 23.8 Å². The number of hydrogen-bond acceptors (Lipinski definition) is 5. The molecule has 1 unspecified atom stereocenters. The van der Waals surface area contributed by atoms with Crippen molar-refractivity contribution in [1.82, 2.24) is 9.88 Å². The molecule has 0 aliphatic carbocycles. The Kier molecular flexibility index (Phi) is 4.20. The Labute approximate surface area is 139 Å². The maximum Gasteiger partial charge on any atom is 0.290 e. The van der Waals surface area contributed by atoms with E-state index in [1.165, 1.54) is 11.2 Å². The highest BCUT2D eigenvalue weighted by atomic mass is 16.3. The van der Waals surface area contributed by atoms with E-state index in [4.69, 9.17) is 4.42 Å². The van der Waals surface area contributed by atoms with Crippen LogP contribution in [0.3, 0.4) is 0 Å². The summed E-state index contributed by atoms with van der Waals surface area (Å²) in [5, 5.41) is 10.3. The Morgan fingerprint density at radius 3 is 2.62 bits per heavy atom. The number of carbonyl (C=O) groups excluding carboxylic acids is 2. The van der Waals surface area contributed by atoms with Crippen LogP contribution in [0, 0.1) is 5.92 Å². The Morgan fingerprint density at radius 1 is 1.33 bits per heavy atom. The molecule has 1 aliphatic heterocycles. The molecule has 2 aromatic heterocycles. The monoisotopic (exact) mass is 326 g/mol. The summed E-state index contributed by atoms with van der Waals surface area (Å²) in [7, 11) is 0. The smallest absolute Gasteiger partial charge is 0.290 e. The summed E-state index contributed by atoms with van der Waals surface area (Å²) in [5.74, 6) is -1.06. The summed E-state index contributed by atoms with van der Waals surface area (Å²) in [4.78, 5) is 30.6. The van der Waals surface area contributed by atoms with Crippen molar-refractivity contribution in [2.75, 3.05) is 0 Å². The van der Waals surface area contributed by atoms with Crippen molar-refractivity contribution >= 4 is 11.7 Å². The molecule has 0 spiro atoms. The molecule has 124 valence electrons.